The Kier molecular flexibility index (Phi) is 5.49. The largest absolute Gasteiger partial charge is 1.00 e. The molecule has 0 aromatic rings. The van der Waals surface area contributed by atoms with Gasteiger partial charge in [-0.15, -0.1) is 0 Å². The molecule has 0 aromatic carbocycles. The number of rotatable bonds is 1. The molecule has 0 aromatic heterocycles. The number of hydrogen-bond acceptors (Lipinski definition) is 3. The van der Waals surface area contributed by atoms with E-state index in [0.29, 0.717) is 0 Å². The van der Waals surface area contributed by atoms with E-state index in [1.165, 1.54) is 0 Å². The quantitative estimate of drug-likeness (QED) is 0.328. The van der Waals surface area contributed by atoms with Crippen molar-refractivity contribution in [1.82, 2.24) is 0 Å². The first kappa shape index (κ1) is 13.5. The third kappa shape index (κ3) is 11.7. The molecule has 0 unspecified atom stereocenters. The second kappa shape index (κ2) is 4.07. The van der Waals surface area contributed by atoms with Crippen LogP contribution in [-0.4, -0.2) is 18.7 Å². The molecule has 3 nitrogen and oxygen atoms in total. The van der Waals surface area contributed by atoms with Crippen LogP contribution in [-0.2, 0) is 10.1 Å². The molecule has 0 rings (SSSR count). The molecule has 0 aliphatic heterocycles. The summed E-state index contributed by atoms with van der Waals surface area (Å²) in [4.78, 5) is 0. The standard InChI is InChI=1S/C5H12O3S.Na/c1-5(2,3)4-9(6,7)8;/h4H2,1-3H3,(H,6,7,8);/q;+1/p-1. The van der Waals surface area contributed by atoms with Gasteiger partial charge in [0, 0.05) is 5.75 Å². The van der Waals surface area contributed by atoms with Crippen LogP contribution >= 0.6 is 0 Å². The molecule has 0 heterocycles. The van der Waals surface area contributed by atoms with E-state index in [9.17, 15) is 13.0 Å². The van der Waals surface area contributed by atoms with E-state index in [2.05, 4.69) is 0 Å². The first-order valence-corrected chi connectivity index (χ1v) is 4.22. The van der Waals surface area contributed by atoms with Crippen molar-refractivity contribution in [2.24, 2.45) is 5.41 Å². The van der Waals surface area contributed by atoms with Crippen LogP contribution in [0.2, 0.25) is 0 Å². The molecule has 0 radical (unpaired) electrons. The van der Waals surface area contributed by atoms with Crippen LogP contribution in [0, 0.1) is 5.41 Å². The Hall–Kier alpha value is 0.910. The van der Waals surface area contributed by atoms with Crippen LogP contribution in [0.1, 0.15) is 20.8 Å². The minimum atomic E-state index is -4.03. The average Bonchev–Trinajstić information content (AvgIpc) is 1.14. The topological polar surface area (TPSA) is 57.2 Å². The van der Waals surface area contributed by atoms with Gasteiger partial charge in [-0.1, -0.05) is 20.8 Å². The van der Waals surface area contributed by atoms with Gasteiger partial charge in [0.2, 0.25) is 0 Å². The molecule has 0 N–H and O–H groups in total. The van der Waals surface area contributed by atoms with E-state index >= 15 is 0 Å². The Labute approximate surface area is 84.2 Å². The van der Waals surface area contributed by atoms with Gasteiger partial charge in [0.25, 0.3) is 0 Å². The Morgan fingerprint density at radius 2 is 1.60 bits per heavy atom. The van der Waals surface area contributed by atoms with E-state index < -0.39 is 15.5 Å². The van der Waals surface area contributed by atoms with E-state index in [-0.39, 0.29) is 35.3 Å². The third-order valence-corrected chi connectivity index (χ3v) is 1.83. The maximum Gasteiger partial charge on any atom is 1.00 e. The van der Waals surface area contributed by atoms with Crippen molar-refractivity contribution in [1.29, 1.82) is 0 Å². The Morgan fingerprint density at radius 1 is 1.30 bits per heavy atom. The van der Waals surface area contributed by atoms with Crippen molar-refractivity contribution in [2.75, 3.05) is 5.75 Å². The molecule has 0 aliphatic rings. The van der Waals surface area contributed by atoms with Crippen LogP contribution < -0.4 is 29.6 Å². The normalized spacial score (nSPS) is 12.4. The first-order chi connectivity index (χ1) is 3.71. The van der Waals surface area contributed by atoms with Crippen LogP contribution in [0.15, 0.2) is 0 Å². The smallest absolute Gasteiger partial charge is 0.748 e. The van der Waals surface area contributed by atoms with E-state index in [1.54, 1.807) is 20.8 Å². The van der Waals surface area contributed by atoms with Gasteiger partial charge >= 0.3 is 29.6 Å². The molecule has 0 saturated carbocycles. The zero-order valence-corrected chi connectivity index (χ0v) is 9.66. The fourth-order valence-corrected chi connectivity index (χ4v) is 1.59. The summed E-state index contributed by atoms with van der Waals surface area (Å²) in [5.74, 6) is -0.292. The molecular weight excluding hydrogens is 163 g/mol. The summed E-state index contributed by atoms with van der Waals surface area (Å²) in [5, 5.41) is 0. The van der Waals surface area contributed by atoms with Gasteiger partial charge in [0.1, 0.15) is 0 Å². The fraction of sp³-hybridized carbons (Fsp3) is 1.00. The predicted molar refractivity (Wildman–Crippen MR) is 34.0 cm³/mol. The van der Waals surface area contributed by atoms with Crippen LogP contribution in [0.3, 0.4) is 0 Å². The van der Waals surface area contributed by atoms with Gasteiger partial charge < -0.3 is 4.55 Å². The summed E-state index contributed by atoms with van der Waals surface area (Å²) in [7, 11) is -4.03. The second-order valence-corrected chi connectivity index (χ2v) is 4.67. The van der Waals surface area contributed by atoms with E-state index in [0.717, 1.165) is 0 Å². The summed E-state index contributed by atoms with van der Waals surface area (Å²) in [6.45, 7) is 5.13. The van der Waals surface area contributed by atoms with E-state index in [4.69, 9.17) is 0 Å². The summed E-state index contributed by atoms with van der Waals surface area (Å²) < 4.78 is 30.3. The zero-order valence-electron chi connectivity index (χ0n) is 6.84. The molecule has 56 valence electrons. The zero-order chi connectivity index (χ0) is 7.71. The molecule has 0 atom stereocenters. The molecule has 0 amide bonds. The summed E-state index contributed by atoms with van der Waals surface area (Å²) in [5.41, 5.74) is -0.416. The molecule has 0 bridgehead atoms. The van der Waals surface area contributed by atoms with Gasteiger partial charge in [0.05, 0.1) is 10.1 Å². The summed E-state index contributed by atoms with van der Waals surface area (Å²) >= 11 is 0. The van der Waals surface area contributed by atoms with Crippen molar-refractivity contribution >= 4 is 10.1 Å². The predicted octanol–water partition coefficient (Wildman–Crippen LogP) is -2.42. The summed E-state index contributed by atoms with van der Waals surface area (Å²) in [6.07, 6.45) is 0. The molecule has 0 saturated heterocycles. The third-order valence-electron chi connectivity index (χ3n) is 0.610. The van der Waals surface area contributed by atoms with Crippen LogP contribution in [0.5, 0.6) is 0 Å². The monoisotopic (exact) mass is 174 g/mol. The van der Waals surface area contributed by atoms with E-state index in [1.807, 2.05) is 0 Å². The van der Waals surface area contributed by atoms with Crippen molar-refractivity contribution in [2.45, 2.75) is 20.8 Å². The maximum absolute atomic E-state index is 10.1. The van der Waals surface area contributed by atoms with Gasteiger partial charge in [0.15, 0.2) is 0 Å². The average molecular weight is 174 g/mol. The van der Waals surface area contributed by atoms with Crippen molar-refractivity contribution in [3.05, 3.63) is 0 Å². The first-order valence-electron chi connectivity index (χ1n) is 2.64. The van der Waals surface area contributed by atoms with Crippen molar-refractivity contribution in [3.8, 4) is 0 Å². The van der Waals surface area contributed by atoms with Gasteiger partial charge in [-0.25, -0.2) is 8.42 Å². The molecule has 0 aliphatic carbocycles. The minimum absolute atomic E-state index is 0. The fourth-order valence-electron chi connectivity index (χ4n) is 0.530. The maximum atomic E-state index is 10.1. The molecular formula is C5H11NaO3S. The van der Waals surface area contributed by atoms with Gasteiger partial charge in [-0.2, -0.15) is 0 Å². The minimum Gasteiger partial charge on any atom is -0.748 e. The molecule has 0 spiro atoms. The Morgan fingerprint density at radius 3 is 1.60 bits per heavy atom. The molecule has 10 heavy (non-hydrogen) atoms. The van der Waals surface area contributed by atoms with Crippen molar-refractivity contribution in [3.63, 3.8) is 0 Å². The Balaban J connectivity index is 0. The second-order valence-electron chi connectivity index (χ2n) is 3.26. The Bertz CT molecular complexity index is 178. The molecule has 5 heteroatoms. The summed E-state index contributed by atoms with van der Waals surface area (Å²) in [6, 6.07) is 0. The SMILES string of the molecule is CC(C)(C)CS(=O)(=O)[O-].[Na+]. The number of hydrogen-bond donors (Lipinski definition) is 0. The molecule has 0 fully saturated rings. The van der Waals surface area contributed by atoms with Crippen molar-refractivity contribution < 1.29 is 42.5 Å². The van der Waals surface area contributed by atoms with Gasteiger partial charge in [-0.05, 0) is 5.41 Å². The van der Waals surface area contributed by atoms with Gasteiger partial charge in [-0.3, -0.25) is 0 Å². The van der Waals surface area contributed by atoms with Crippen LogP contribution in [0.4, 0.5) is 0 Å². The van der Waals surface area contributed by atoms with Crippen LogP contribution in [0.25, 0.3) is 0 Å².